The fourth-order valence-electron chi connectivity index (χ4n) is 7.88. The second-order valence-corrected chi connectivity index (χ2v) is 12.5. The van der Waals surface area contributed by atoms with E-state index in [0.717, 1.165) is 60.7 Å². The molecular weight excluding hydrogens is 574 g/mol. The van der Waals surface area contributed by atoms with Crippen molar-refractivity contribution >= 4 is 87.2 Å². The Balaban J connectivity index is 1.28. The number of aromatic nitrogens is 1. The lowest BCUT2D eigenvalue weighted by Gasteiger charge is -2.12. The molecule has 11 rings (SSSR count). The maximum atomic E-state index is 6.25. The zero-order valence-corrected chi connectivity index (χ0v) is 25.2. The van der Waals surface area contributed by atoms with Gasteiger partial charge < -0.3 is 13.4 Å². The van der Waals surface area contributed by atoms with Crippen molar-refractivity contribution in [1.82, 2.24) is 4.57 Å². The van der Waals surface area contributed by atoms with E-state index in [1.165, 1.54) is 43.4 Å². The van der Waals surface area contributed by atoms with Gasteiger partial charge in [-0.25, -0.2) is 0 Å². The van der Waals surface area contributed by atoms with Crippen molar-refractivity contribution in [2.75, 3.05) is 0 Å². The summed E-state index contributed by atoms with van der Waals surface area (Å²) in [5, 5.41) is 12.0. The standard InChI is InChI=1S/C44H25NO2/c1-3-13-33-29(9-1)30-10-2-4-14-34(30)44-43(33)35-20-17-27(26-18-21-41-36(23-26)31-11-5-7-15-39(31)46-41)24-38(35)45(44)28-19-22-42-37(25-28)32-12-6-8-16-40(32)47-42/h1-25H. The average molecular weight is 600 g/mol. The molecule has 0 saturated carbocycles. The molecule has 0 aliphatic heterocycles. The second-order valence-electron chi connectivity index (χ2n) is 12.5. The summed E-state index contributed by atoms with van der Waals surface area (Å²) < 4.78 is 14.9. The monoisotopic (exact) mass is 599 g/mol. The molecule has 0 spiro atoms. The minimum absolute atomic E-state index is 0.896. The van der Waals surface area contributed by atoms with Crippen molar-refractivity contribution in [3.8, 4) is 16.8 Å². The third-order valence-electron chi connectivity index (χ3n) is 9.97. The van der Waals surface area contributed by atoms with Gasteiger partial charge in [-0.1, -0.05) is 103 Å². The highest BCUT2D eigenvalue weighted by Crippen LogP contribution is 2.44. The molecule has 0 unspecified atom stereocenters. The number of benzene rings is 8. The Bertz CT molecular complexity index is 3080. The van der Waals surface area contributed by atoms with Crippen LogP contribution in [-0.2, 0) is 0 Å². The number of para-hydroxylation sites is 2. The third-order valence-corrected chi connectivity index (χ3v) is 9.97. The molecule has 3 heteroatoms. The molecule has 0 bridgehead atoms. The highest BCUT2D eigenvalue weighted by atomic mass is 16.3. The number of hydrogen-bond acceptors (Lipinski definition) is 2. The second kappa shape index (κ2) is 9.12. The van der Waals surface area contributed by atoms with Crippen molar-refractivity contribution in [1.29, 1.82) is 0 Å². The SMILES string of the molecule is c1ccc2c(c1)oc1ccc(-c3ccc4c5c6ccccc6c6ccccc6c5n(-c5ccc6oc7ccccc7c6c5)c4c3)cc12. The zero-order valence-electron chi connectivity index (χ0n) is 25.2. The van der Waals surface area contributed by atoms with Crippen LogP contribution in [0.2, 0.25) is 0 Å². The molecule has 0 atom stereocenters. The summed E-state index contributed by atoms with van der Waals surface area (Å²) >= 11 is 0. The van der Waals surface area contributed by atoms with Crippen LogP contribution in [0.4, 0.5) is 0 Å². The van der Waals surface area contributed by atoms with E-state index in [1.54, 1.807) is 0 Å². The van der Waals surface area contributed by atoms with Gasteiger partial charge >= 0.3 is 0 Å². The van der Waals surface area contributed by atoms with Crippen molar-refractivity contribution in [2.24, 2.45) is 0 Å². The minimum Gasteiger partial charge on any atom is -0.456 e. The molecule has 8 aromatic carbocycles. The first-order valence-electron chi connectivity index (χ1n) is 16.0. The molecule has 3 nitrogen and oxygen atoms in total. The fourth-order valence-corrected chi connectivity index (χ4v) is 7.88. The largest absolute Gasteiger partial charge is 0.456 e. The Morgan fingerprint density at radius 1 is 0.340 bits per heavy atom. The topological polar surface area (TPSA) is 31.2 Å². The summed E-state index contributed by atoms with van der Waals surface area (Å²) in [6.07, 6.45) is 0. The highest BCUT2D eigenvalue weighted by Gasteiger charge is 2.20. The van der Waals surface area contributed by atoms with Crippen molar-refractivity contribution < 1.29 is 8.83 Å². The van der Waals surface area contributed by atoms with Gasteiger partial charge in [0.1, 0.15) is 22.3 Å². The number of nitrogens with zero attached hydrogens (tertiary/aromatic N) is 1. The van der Waals surface area contributed by atoms with E-state index in [4.69, 9.17) is 8.83 Å². The molecule has 0 saturated heterocycles. The minimum atomic E-state index is 0.896. The number of rotatable bonds is 2. The van der Waals surface area contributed by atoms with Gasteiger partial charge in [-0.05, 0) is 75.8 Å². The van der Waals surface area contributed by atoms with Crippen LogP contribution in [0.1, 0.15) is 0 Å². The molecular formula is C44H25NO2. The van der Waals surface area contributed by atoms with Crippen LogP contribution in [0, 0.1) is 0 Å². The summed E-state index contributed by atoms with van der Waals surface area (Å²) in [6.45, 7) is 0. The van der Waals surface area contributed by atoms with E-state index in [9.17, 15) is 0 Å². The first kappa shape index (κ1) is 24.9. The Kier molecular flexibility index (Phi) is 4.84. The van der Waals surface area contributed by atoms with Crippen LogP contribution >= 0.6 is 0 Å². The molecule has 3 heterocycles. The lowest BCUT2D eigenvalue weighted by atomic mass is 9.96. The first-order valence-corrected chi connectivity index (χ1v) is 16.0. The molecule has 0 N–H and O–H groups in total. The molecule has 0 radical (unpaired) electrons. The molecule has 3 aromatic heterocycles. The van der Waals surface area contributed by atoms with E-state index in [1.807, 2.05) is 24.3 Å². The molecule has 218 valence electrons. The van der Waals surface area contributed by atoms with Crippen LogP contribution in [0.15, 0.2) is 160 Å². The number of furan rings is 2. The highest BCUT2D eigenvalue weighted by molar-refractivity contribution is 6.32. The molecule has 0 amide bonds. The fraction of sp³-hybridized carbons (Fsp3) is 0. The Morgan fingerprint density at radius 2 is 0.851 bits per heavy atom. The molecule has 47 heavy (non-hydrogen) atoms. The van der Waals surface area contributed by atoms with Crippen LogP contribution in [-0.4, -0.2) is 4.57 Å². The zero-order chi connectivity index (χ0) is 30.6. The van der Waals surface area contributed by atoms with E-state index in [0.29, 0.717) is 0 Å². The molecule has 0 aliphatic carbocycles. The normalized spacial score (nSPS) is 12.3. The molecule has 11 aromatic rings. The maximum Gasteiger partial charge on any atom is 0.135 e. The van der Waals surface area contributed by atoms with Crippen LogP contribution in [0.25, 0.3) is 104 Å². The quantitative estimate of drug-likeness (QED) is 0.185. The lowest BCUT2D eigenvalue weighted by Crippen LogP contribution is -1.95. The van der Waals surface area contributed by atoms with Gasteiger partial charge in [0.15, 0.2) is 0 Å². The van der Waals surface area contributed by atoms with Gasteiger partial charge in [0.05, 0.1) is 11.0 Å². The maximum absolute atomic E-state index is 6.25. The van der Waals surface area contributed by atoms with Crippen molar-refractivity contribution in [3.63, 3.8) is 0 Å². The number of fused-ring (bicyclic) bond motifs is 14. The third kappa shape index (κ3) is 3.40. The summed E-state index contributed by atoms with van der Waals surface area (Å²) in [5.41, 5.74) is 9.44. The van der Waals surface area contributed by atoms with E-state index < -0.39 is 0 Å². The van der Waals surface area contributed by atoms with Gasteiger partial charge in [0.2, 0.25) is 0 Å². The van der Waals surface area contributed by atoms with Gasteiger partial charge in [0, 0.05) is 43.4 Å². The predicted octanol–water partition coefficient (Wildman–Crippen LogP) is 12.6. The van der Waals surface area contributed by atoms with Crippen LogP contribution in [0.3, 0.4) is 0 Å². The van der Waals surface area contributed by atoms with Gasteiger partial charge in [0.25, 0.3) is 0 Å². The Morgan fingerprint density at radius 3 is 1.57 bits per heavy atom. The number of hydrogen-bond donors (Lipinski definition) is 0. The van der Waals surface area contributed by atoms with E-state index in [-0.39, 0.29) is 0 Å². The molecule has 0 fully saturated rings. The van der Waals surface area contributed by atoms with Crippen LogP contribution in [0.5, 0.6) is 0 Å². The van der Waals surface area contributed by atoms with Crippen LogP contribution < -0.4 is 0 Å². The Labute approximate surface area is 268 Å². The first-order chi connectivity index (χ1) is 23.3. The van der Waals surface area contributed by atoms with Gasteiger partial charge in [-0.15, -0.1) is 0 Å². The summed E-state index contributed by atoms with van der Waals surface area (Å²) in [4.78, 5) is 0. The van der Waals surface area contributed by atoms with Crippen molar-refractivity contribution in [3.05, 3.63) is 152 Å². The molecule has 0 aliphatic rings. The summed E-state index contributed by atoms with van der Waals surface area (Å²) in [6, 6.07) is 54.3. The Hall–Kier alpha value is -6.32. The average Bonchev–Trinajstić information content (AvgIpc) is 3.80. The summed E-state index contributed by atoms with van der Waals surface area (Å²) in [5.74, 6) is 0. The lowest BCUT2D eigenvalue weighted by molar-refractivity contribution is 0.668. The predicted molar refractivity (Wildman–Crippen MR) is 196 cm³/mol. The summed E-state index contributed by atoms with van der Waals surface area (Å²) in [7, 11) is 0. The smallest absolute Gasteiger partial charge is 0.135 e. The van der Waals surface area contributed by atoms with Gasteiger partial charge in [-0.2, -0.15) is 0 Å². The van der Waals surface area contributed by atoms with E-state index >= 15 is 0 Å². The van der Waals surface area contributed by atoms with E-state index in [2.05, 4.69) is 132 Å². The van der Waals surface area contributed by atoms with Gasteiger partial charge in [-0.3, -0.25) is 0 Å². The van der Waals surface area contributed by atoms with Crippen molar-refractivity contribution in [2.45, 2.75) is 0 Å².